The van der Waals surface area contributed by atoms with Gasteiger partial charge in [-0.15, -0.1) is 0 Å². The van der Waals surface area contributed by atoms with Gasteiger partial charge in [-0.25, -0.2) is 9.78 Å². The first-order valence-electron chi connectivity index (χ1n) is 11.9. The standard InChI is InChI=1S/C26H27N3O6/c1-4-26(32)18-9-20-23-16(11-29(20)24(30)17(18)12-33-25(26)31)14(6-5-7-28(2)3)15-8-21-22(35-13-34-21)10-19(15)27-23/h8-10,32H,4-7,11-13H2,1-3H3/t26-/m0/s1. The Kier molecular flexibility index (Phi) is 4.91. The van der Waals surface area contributed by atoms with E-state index in [0.29, 0.717) is 40.6 Å². The minimum atomic E-state index is -1.84. The highest BCUT2D eigenvalue weighted by Gasteiger charge is 2.45. The largest absolute Gasteiger partial charge is 0.458 e. The number of fused-ring (bicyclic) bond motifs is 6. The zero-order valence-corrected chi connectivity index (χ0v) is 20.0. The summed E-state index contributed by atoms with van der Waals surface area (Å²) in [5.41, 5.74) is 2.73. The third kappa shape index (κ3) is 3.18. The summed E-state index contributed by atoms with van der Waals surface area (Å²) in [7, 11) is 4.09. The van der Waals surface area contributed by atoms with E-state index in [4.69, 9.17) is 19.2 Å². The molecule has 0 aliphatic carbocycles. The fourth-order valence-electron chi connectivity index (χ4n) is 5.41. The number of hydrogen-bond donors (Lipinski definition) is 1. The van der Waals surface area contributed by atoms with Crippen molar-refractivity contribution >= 4 is 16.9 Å². The molecule has 3 aromatic rings. The molecule has 0 fully saturated rings. The molecule has 0 spiro atoms. The van der Waals surface area contributed by atoms with Crippen molar-refractivity contribution in [2.24, 2.45) is 0 Å². The van der Waals surface area contributed by atoms with Gasteiger partial charge in [0, 0.05) is 22.6 Å². The molecular weight excluding hydrogens is 450 g/mol. The fourth-order valence-corrected chi connectivity index (χ4v) is 5.41. The van der Waals surface area contributed by atoms with Crippen LogP contribution in [0.15, 0.2) is 23.0 Å². The summed E-state index contributed by atoms with van der Waals surface area (Å²) in [6.07, 6.45) is 1.85. The predicted octanol–water partition coefficient (Wildman–Crippen LogP) is 2.30. The SMILES string of the molecule is CC[C@@]1(O)C(=O)OCc2c1cc1n(c2=O)Cc2c-1nc1cc3c(cc1c2CCCN(C)C)OCO3. The maximum absolute atomic E-state index is 13.5. The molecule has 0 saturated carbocycles. The van der Waals surface area contributed by atoms with Crippen molar-refractivity contribution < 1.29 is 24.1 Å². The van der Waals surface area contributed by atoms with Crippen LogP contribution in [0.2, 0.25) is 0 Å². The highest BCUT2D eigenvalue weighted by atomic mass is 16.7. The third-order valence-electron chi connectivity index (χ3n) is 7.33. The number of rotatable bonds is 5. The highest BCUT2D eigenvalue weighted by Crippen LogP contribution is 2.43. The zero-order valence-electron chi connectivity index (χ0n) is 20.0. The number of esters is 1. The molecule has 3 aliphatic rings. The molecule has 3 aliphatic heterocycles. The first-order valence-corrected chi connectivity index (χ1v) is 11.9. The van der Waals surface area contributed by atoms with E-state index in [0.717, 1.165) is 41.4 Å². The maximum atomic E-state index is 13.5. The lowest BCUT2D eigenvalue weighted by Crippen LogP contribution is -2.44. The number of benzene rings is 1. The van der Waals surface area contributed by atoms with Crippen molar-refractivity contribution in [2.75, 3.05) is 27.4 Å². The number of aromatic nitrogens is 2. The summed E-state index contributed by atoms with van der Waals surface area (Å²) in [4.78, 5) is 33.1. The van der Waals surface area contributed by atoms with Crippen LogP contribution in [0.4, 0.5) is 0 Å². The van der Waals surface area contributed by atoms with Gasteiger partial charge in [0.15, 0.2) is 17.1 Å². The Labute approximate surface area is 201 Å². The van der Waals surface area contributed by atoms with Crippen LogP contribution in [0.3, 0.4) is 0 Å². The Hall–Kier alpha value is -3.43. The molecule has 6 rings (SSSR count). The van der Waals surface area contributed by atoms with E-state index >= 15 is 0 Å². The predicted molar refractivity (Wildman–Crippen MR) is 128 cm³/mol. The normalized spacial score (nSPS) is 19.6. The van der Waals surface area contributed by atoms with E-state index in [9.17, 15) is 14.7 Å². The van der Waals surface area contributed by atoms with Crippen LogP contribution in [0.25, 0.3) is 22.3 Å². The molecule has 0 radical (unpaired) electrons. The molecule has 35 heavy (non-hydrogen) atoms. The van der Waals surface area contributed by atoms with Gasteiger partial charge in [0.2, 0.25) is 6.79 Å². The fraction of sp³-hybridized carbons (Fsp3) is 0.423. The Morgan fingerprint density at radius 2 is 1.89 bits per heavy atom. The lowest BCUT2D eigenvalue weighted by molar-refractivity contribution is -0.172. The van der Waals surface area contributed by atoms with Crippen molar-refractivity contribution in [3.63, 3.8) is 0 Å². The van der Waals surface area contributed by atoms with Crippen molar-refractivity contribution in [1.82, 2.24) is 14.5 Å². The molecule has 0 bridgehead atoms. The molecule has 9 nitrogen and oxygen atoms in total. The van der Waals surface area contributed by atoms with Crippen LogP contribution in [0.1, 0.15) is 42.0 Å². The molecule has 1 atom stereocenters. The van der Waals surface area contributed by atoms with Crippen LogP contribution in [-0.2, 0) is 34.7 Å². The molecule has 5 heterocycles. The number of cyclic esters (lactones) is 1. The van der Waals surface area contributed by atoms with Crippen molar-refractivity contribution in [3.05, 3.63) is 50.8 Å². The maximum Gasteiger partial charge on any atom is 0.343 e. The van der Waals surface area contributed by atoms with E-state index in [-0.39, 0.29) is 25.4 Å². The number of pyridine rings is 2. The lowest BCUT2D eigenvalue weighted by atomic mass is 9.86. The summed E-state index contributed by atoms with van der Waals surface area (Å²) in [5.74, 6) is 0.617. The van der Waals surface area contributed by atoms with Crippen LogP contribution in [0.5, 0.6) is 11.5 Å². The molecular formula is C26H27N3O6. The topological polar surface area (TPSA) is 103 Å². The van der Waals surface area contributed by atoms with Gasteiger partial charge in [0.1, 0.15) is 6.61 Å². The number of hydrogen-bond acceptors (Lipinski definition) is 8. The van der Waals surface area contributed by atoms with Gasteiger partial charge in [-0.3, -0.25) is 4.79 Å². The number of nitrogens with zero attached hydrogens (tertiary/aromatic N) is 3. The minimum absolute atomic E-state index is 0.110. The van der Waals surface area contributed by atoms with Crippen LogP contribution in [0, 0.1) is 0 Å². The quantitative estimate of drug-likeness (QED) is 0.437. The second kappa shape index (κ2) is 7.79. The number of aliphatic hydroxyl groups is 1. The Morgan fingerprint density at radius 1 is 1.11 bits per heavy atom. The van der Waals surface area contributed by atoms with E-state index in [1.54, 1.807) is 17.6 Å². The Bertz CT molecular complexity index is 1460. The molecule has 0 saturated heterocycles. The molecule has 2 aromatic heterocycles. The summed E-state index contributed by atoms with van der Waals surface area (Å²) in [5, 5.41) is 12.1. The minimum Gasteiger partial charge on any atom is -0.458 e. The second-order valence-corrected chi connectivity index (χ2v) is 9.65. The van der Waals surface area contributed by atoms with Gasteiger partial charge in [0.05, 0.1) is 29.0 Å². The van der Waals surface area contributed by atoms with Crippen molar-refractivity contribution in [2.45, 2.75) is 44.9 Å². The molecule has 0 amide bonds. The van der Waals surface area contributed by atoms with Gasteiger partial charge in [0.25, 0.3) is 5.56 Å². The number of carbonyl (C=O) groups is 1. The van der Waals surface area contributed by atoms with Crippen molar-refractivity contribution in [1.29, 1.82) is 0 Å². The van der Waals surface area contributed by atoms with Crippen LogP contribution < -0.4 is 15.0 Å². The highest BCUT2D eigenvalue weighted by molar-refractivity contribution is 5.91. The van der Waals surface area contributed by atoms with Gasteiger partial charge in [-0.2, -0.15) is 0 Å². The van der Waals surface area contributed by atoms with Gasteiger partial charge in [-0.1, -0.05) is 6.92 Å². The van der Waals surface area contributed by atoms with E-state index in [2.05, 4.69) is 4.90 Å². The summed E-state index contributed by atoms with van der Waals surface area (Å²) in [6, 6.07) is 5.61. The number of carbonyl (C=O) groups excluding carboxylic acids is 1. The first kappa shape index (κ1) is 22.1. The Morgan fingerprint density at radius 3 is 2.63 bits per heavy atom. The van der Waals surface area contributed by atoms with Crippen LogP contribution in [-0.4, -0.2) is 53.0 Å². The second-order valence-electron chi connectivity index (χ2n) is 9.65. The molecule has 0 unspecified atom stereocenters. The first-order chi connectivity index (χ1) is 16.8. The summed E-state index contributed by atoms with van der Waals surface area (Å²) in [6.45, 7) is 3.04. The Balaban J connectivity index is 1.58. The van der Waals surface area contributed by atoms with Crippen LogP contribution >= 0.6 is 0 Å². The molecule has 9 heteroatoms. The zero-order chi connectivity index (χ0) is 24.5. The molecule has 1 N–H and O–H groups in total. The number of aryl methyl sites for hydroxylation is 1. The summed E-state index contributed by atoms with van der Waals surface area (Å²) < 4.78 is 18.1. The number of ether oxygens (including phenoxy) is 3. The molecule has 182 valence electrons. The van der Waals surface area contributed by atoms with E-state index in [1.165, 1.54) is 0 Å². The molecule has 1 aromatic carbocycles. The van der Waals surface area contributed by atoms with Gasteiger partial charge >= 0.3 is 5.97 Å². The van der Waals surface area contributed by atoms with Gasteiger partial charge < -0.3 is 28.8 Å². The summed E-state index contributed by atoms with van der Waals surface area (Å²) >= 11 is 0. The monoisotopic (exact) mass is 477 g/mol. The van der Waals surface area contributed by atoms with Crippen molar-refractivity contribution in [3.8, 4) is 22.9 Å². The van der Waals surface area contributed by atoms with Gasteiger partial charge in [-0.05, 0) is 57.6 Å². The average Bonchev–Trinajstić information content (AvgIpc) is 3.44. The average molecular weight is 478 g/mol. The van der Waals surface area contributed by atoms with E-state index in [1.807, 2.05) is 26.2 Å². The van der Waals surface area contributed by atoms with E-state index < -0.39 is 11.6 Å². The third-order valence-corrected chi connectivity index (χ3v) is 7.33. The lowest BCUT2D eigenvalue weighted by Gasteiger charge is -2.31. The smallest absolute Gasteiger partial charge is 0.343 e.